The zero-order valence-electron chi connectivity index (χ0n) is 19.1. The molecule has 1 atom stereocenters. The number of nitrogens with one attached hydrogen (secondary N) is 2. The van der Waals surface area contributed by atoms with Crippen LogP contribution in [0.5, 0.6) is 0 Å². The van der Waals surface area contributed by atoms with Crippen molar-refractivity contribution in [3.05, 3.63) is 64.3 Å². The first-order valence-corrected chi connectivity index (χ1v) is 11.3. The minimum Gasteiger partial charge on any atom is -0.362 e. The molecule has 5 nitrogen and oxygen atoms in total. The van der Waals surface area contributed by atoms with Crippen molar-refractivity contribution in [2.24, 2.45) is 4.99 Å². The Kier molecular flexibility index (Phi) is 7.51. The van der Waals surface area contributed by atoms with Crippen molar-refractivity contribution in [1.82, 2.24) is 10.3 Å². The summed E-state index contributed by atoms with van der Waals surface area (Å²) in [6, 6.07) is 4.96. The van der Waals surface area contributed by atoms with Gasteiger partial charge in [-0.2, -0.15) is 0 Å². The smallest absolute Gasteiger partial charge is 0.171 e. The molecule has 1 aromatic heterocycles. The number of rotatable bonds is 4. The fourth-order valence-electron chi connectivity index (χ4n) is 4.16. The number of aromatic nitrogens is 1. The van der Waals surface area contributed by atoms with Crippen molar-refractivity contribution >= 4 is 28.9 Å². The third kappa shape index (κ3) is 4.11. The molecule has 2 N–H and O–H groups in total. The zero-order chi connectivity index (χ0) is 23.5. The Morgan fingerprint density at radius 2 is 2.03 bits per heavy atom. The van der Waals surface area contributed by atoms with Gasteiger partial charge in [0.15, 0.2) is 11.6 Å². The Morgan fingerprint density at radius 3 is 2.62 bits per heavy atom. The summed E-state index contributed by atoms with van der Waals surface area (Å²) in [6.07, 6.45) is 5.34. The Labute approximate surface area is 193 Å². The van der Waals surface area contributed by atoms with E-state index < -0.39 is 17.0 Å². The molecule has 2 aliphatic heterocycles. The van der Waals surface area contributed by atoms with Crippen molar-refractivity contribution in [2.75, 3.05) is 36.9 Å². The van der Waals surface area contributed by atoms with E-state index in [1.807, 2.05) is 44.7 Å². The number of hydrogen-bond acceptors (Lipinski definition) is 4. The van der Waals surface area contributed by atoms with Gasteiger partial charge >= 0.3 is 0 Å². The summed E-state index contributed by atoms with van der Waals surface area (Å²) in [5.74, 6) is -0.184. The summed E-state index contributed by atoms with van der Waals surface area (Å²) in [7, 11) is 1.67. The molecule has 0 spiro atoms. The van der Waals surface area contributed by atoms with Gasteiger partial charge in [-0.15, -0.1) is 0 Å². The largest absolute Gasteiger partial charge is 0.362 e. The highest BCUT2D eigenvalue weighted by Gasteiger charge is 2.46. The molecule has 2 aliphatic rings. The van der Waals surface area contributed by atoms with Crippen LogP contribution in [0.3, 0.4) is 0 Å². The minimum atomic E-state index is -0.983. The second-order valence-corrected chi connectivity index (χ2v) is 8.19. The molecule has 1 fully saturated rings. The number of benzene rings is 1. The van der Waals surface area contributed by atoms with Gasteiger partial charge in [-0.25, -0.2) is 13.8 Å². The fraction of sp³-hybridized carbons (Fsp3) is 0.417. The third-order valence-corrected chi connectivity index (χ3v) is 6.10. The number of hydrogen-bond donors (Lipinski definition) is 2. The summed E-state index contributed by atoms with van der Waals surface area (Å²) in [5.41, 5.74) is 0.323. The highest BCUT2D eigenvalue weighted by molar-refractivity contribution is 6.30. The summed E-state index contributed by atoms with van der Waals surface area (Å²) in [6.45, 7) is 9.53. The molecule has 0 unspecified atom stereocenters. The average Bonchev–Trinajstić information content (AvgIpc) is 3.07. The van der Waals surface area contributed by atoms with Gasteiger partial charge in [-0.1, -0.05) is 43.7 Å². The highest BCUT2D eigenvalue weighted by atomic mass is 35.5. The van der Waals surface area contributed by atoms with E-state index in [1.54, 1.807) is 25.4 Å². The van der Waals surface area contributed by atoms with E-state index in [0.717, 1.165) is 13.1 Å². The molecule has 1 aromatic carbocycles. The predicted molar refractivity (Wildman–Crippen MR) is 129 cm³/mol. The number of aliphatic imine (C=N–C) groups is 1. The van der Waals surface area contributed by atoms with E-state index in [2.05, 4.69) is 20.6 Å². The Balaban J connectivity index is 0.00000141. The number of fused-ring (bicyclic) bond motifs is 1. The molecule has 0 aliphatic carbocycles. The van der Waals surface area contributed by atoms with Gasteiger partial charge in [0, 0.05) is 43.2 Å². The lowest BCUT2D eigenvalue weighted by Gasteiger charge is -2.30. The van der Waals surface area contributed by atoms with Gasteiger partial charge in [0.05, 0.1) is 22.9 Å². The molecule has 0 radical (unpaired) electrons. The number of allylic oxidation sites excluding steroid dienone is 1. The van der Waals surface area contributed by atoms with Gasteiger partial charge in [0.2, 0.25) is 0 Å². The monoisotopic (exact) mass is 461 g/mol. The predicted octanol–water partition coefficient (Wildman–Crippen LogP) is 5.15. The molecule has 2 aromatic rings. The second-order valence-electron chi connectivity index (χ2n) is 7.78. The lowest BCUT2D eigenvalue weighted by Crippen LogP contribution is -2.51. The van der Waals surface area contributed by atoms with E-state index in [9.17, 15) is 0 Å². The van der Waals surface area contributed by atoms with Crippen LogP contribution in [0.4, 0.5) is 20.3 Å². The molecule has 0 bridgehead atoms. The number of nitrogens with zero attached hydrogens (tertiary/aromatic N) is 3. The van der Waals surface area contributed by atoms with Gasteiger partial charge < -0.3 is 15.5 Å². The van der Waals surface area contributed by atoms with E-state index in [4.69, 9.17) is 11.6 Å². The molecule has 8 heteroatoms. The molecule has 3 heterocycles. The lowest BCUT2D eigenvalue weighted by molar-refractivity contribution is 0.465. The maximum absolute atomic E-state index is 15.8. The number of anilines is 2. The standard InChI is InChI=1S/C22H24ClF2N5.C2H6/c1-4-6-17(26-3)30-12-22(2,14-7-5-8-15(23)19(14)24)18-16(30)11-28-21(20(18)25)29-13-9-27-10-13;1-2/h4-8,11,13,27H,9-10,12H2,1-3H3,(H,28,29);1-2H3/b6-4-,26-17?;/t22-;/m1./s1. The number of pyridine rings is 1. The molecule has 1 saturated heterocycles. The van der Waals surface area contributed by atoms with Gasteiger partial charge in [-0.05, 0) is 26.0 Å². The van der Waals surface area contributed by atoms with Crippen LogP contribution in [0.2, 0.25) is 5.02 Å². The van der Waals surface area contributed by atoms with Crippen LogP contribution in [0.25, 0.3) is 0 Å². The first-order valence-electron chi connectivity index (χ1n) is 10.9. The van der Waals surface area contributed by atoms with Crippen LogP contribution in [0.1, 0.15) is 38.8 Å². The lowest BCUT2D eigenvalue weighted by atomic mass is 9.77. The maximum atomic E-state index is 15.8. The van der Waals surface area contributed by atoms with Gasteiger partial charge in [0.1, 0.15) is 11.7 Å². The molecule has 172 valence electrons. The fourth-order valence-corrected chi connectivity index (χ4v) is 4.34. The molecular formula is C24H30ClF2N5. The van der Waals surface area contributed by atoms with Crippen LogP contribution in [-0.4, -0.2) is 43.5 Å². The van der Waals surface area contributed by atoms with Crippen molar-refractivity contribution in [3.8, 4) is 0 Å². The van der Waals surface area contributed by atoms with E-state index in [0.29, 0.717) is 29.2 Å². The van der Waals surface area contributed by atoms with Crippen LogP contribution in [0, 0.1) is 11.6 Å². The van der Waals surface area contributed by atoms with Crippen molar-refractivity contribution in [1.29, 1.82) is 0 Å². The van der Waals surface area contributed by atoms with Crippen LogP contribution < -0.4 is 15.5 Å². The van der Waals surface area contributed by atoms with E-state index in [1.165, 1.54) is 6.07 Å². The molecular weight excluding hydrogens is 432 g/mol. The molecule has 4 rings (SSSR count). The van der Waals surface area contributed by atoms with Crippen LogP contribution in [0.15, 0.2) is 41.5 Å². The summed E-state index contributed by atoms with van der Waals surface area (Å²) < 4.78 is 30.9. The first-order chi connectivity index (χ1) is 15.4. The zero-order valence-corrected chi connectivity index (χ0v) is 19.9. The first kappa shape index (κ1) is 24.1. The second kappa shape index (κ2) is 9.96. The van der Waals surface area contributed by atoms with Crippen LogP contribution >= 0.6 is 11.6 Å². The topological polar surface area (TPSA) is 52.6 Å². The van der Waals surface area contributed by atoms with Crippen molar-refractivity contribution in [3.63, 3.8) is 0 Å². The molecule has 0 saturated carbocycles. The summed E-state index contributed by atoms with van der Waals surface area (Å²) >= 11 is 6.07. The van der Waals surface area contributed by atoms with E-state index in [-0.39, 0.29) is 16.9 Å². The van der Waals surface area contributed by atoms with E-state index >= 15 is 8.78 Å². The Hall–Kier alpha value is -2.51. The molecule has 0 amide bonds. The number of amidine groups is 1. The minimum absolute atomic E-state index is 0.0138. The van der Waals surface area contributed by atoms with Crippen molar-refractivity contribution in [2.45, 2.75) is 39.2 Å². The average molecular weight is 462 g/mol. The van der Waals surface area contributed by atoms with Crippen LogP contribution in [-0.2, 0) is 5.41 Å². The van der Waals surface area contributed by atoms with Gasteiger partial charge in [0.25, 0.3) is 0 Å². The van der Waals surface area contributed by atoms with Gasteiger partial charge in [-0.3, -0.25) is 4.99 Å². The third-order valence-electron chi connectivity index (χ3n) is 5.81. The summed E-state index contributed by atoms with van der Waals surface area (Å²) in [5, 5.41) is 6.30. The SMILES string of the molecule is C/C=C\C(=NC)N1C[C@](C)(c2cccc(Cl)c2F)c2c1cnc(NC1CNC1)c2F.CC. The highest BCUT2D eigenvalue weighted by Crippen LogP contribution is 2.48. The molecule has 32 heavy (non-hydrogen) atoms. The number of halogens is 3. The summed E-state index contributed by atoms with van der Waals surface area (Å²) in [4.78, 5) is 10.6. The maximum Gasteiger partial charge on any atom is 0.171 e. The quantitative estimate of drug-likeness (QED) is 0.488. The normalized spacial score (nSPS) is 20.6. The Morgan fingerprint density at radius 1 is 1.31 bits per heavy atom. The Bertz CT molecular complexity index is 1040. The van der Waals surface area contributed by atoms with Crippen molar-refractivity contribution < 1.29 is 8.78 Å².